The average molecular weight is 396 g/mol. The van der Waals surface area contributed by atoms with Crippen LogP contribution in [0.1, 0.15) is 23.2 Å². The van der Waals surface area contributed by atoms with E-state index in [2.05, 4.69) is 15.5 Å². The zero-order valence-corrected chi connectivity index (χ0v) is 15.8. The minimum Gasteiger partial charge on any atom is -0.376 e. The fourth-order valence-electron chi connectivity index (χ4n) is 3.02. The van der Waals surface area contributed by atoms with E-state index in [1.54, 1.807) is 17.0 Å². The first-order valence-electron chi connectivity index (χ1n) is 9.43. The lowest BCUT2D eigenvalue weighted by Crippen LogP contribution is -2.50. The zero-order chi connectivity index (χ0) is 20.1. The maximum atomic E-state index is 13.6. The molecule has 0 aliphatic carbocycles. The van der Waals surface area contributed by atoms with Gasteiger partial charge in [-0.25, -0.2) is 9.18 Å². The van der Waals surface area contributed by atoms with E-state index in [0.717, 1.165) is 5.56 Å². The van der Waals surface area contributed by atoms with Crippen molar-refractivity contribution in [2.24, 2.45) is 0 Å². The van der Waals surface area contributed by atoms with Crippen LogP contribution in [-0.4, -0.2) is 40.8 Å². The van der Waals surface area contributed by atoms with Crippen molar-refractivity contribution in [1.29, 1.82) is 0 Å². The van der Waals surface area contributed by atoms with Crippen molar-refractivity contribution in [2.75, 3.05) is 25.0 Å². The Labute approximate surface area is 167 Å². The van der Waals surface area contributed by atoms with Gasteiger partial charge >= 0.3 is 6.03 Å². The van der Waals surface area contributed by atoms with Gasteiger partial charge in [-0.3, -0.25) is 0 Å². The Bertz CT molecular complexity index is 957. The van der Waals surface area contributed by atoms with E-state index in [9.17, 15) is 9.18 Å². The number of carbonyl (C=O) groups is 1. The van der Waals surface area contributed by atoms with E-state index < -0.39 is 5.82 Å². The molecular weight excluding hydrogens is 375 g/mol. The summed E-state index contributed by atoms with van der Waals surface area (Å²) >= 11 is 0. The minimum absolute atomic E-state index is 0.00661. The van der Waals surface area contributed by atoms with Crippen LogP contribution in [0, 0.1) is 5.82 Å². The van der Waals surface area contributed by atoms with Crippen molar-refractivity contribution in [1.82, 2.24) is 15.0 Å². The summed E-state index contributed by atoms with van der Waals surface area (Å²) in [5.41, 5.74) is 1.28. The molecular formula is C21H21FN4O3. The molecule has 0 spiro atoms. The fourth-order valence-corrected chi connectivity index (χ4v) is 3.02. The smallest absolute Gasteiger partial charge is 0.321 e. The lowest BCUT2D eigenvalue weighted by atomic mass is 10.0. The van der Waals surface area contributed by atoms with Crippen molar-refractivity contribution in [2.45, 2.75) is 18.9 Å². The molecule has 0 atom stereocenters. The van der Waals surface area contributed by atoms with Crippen molar-refractivity contribution in [3.05, 3.63) is 77.7 Å². The first-order chi connectivity index (χ1) is 14.2. The number of ether oxygens (including phenoxy) is 1. The molecule has 0 unspecified atom stereocenters. The number of aromatic nitrogens is 2. The monoisotopic (exact) mass is 396 g/mol. The number of nitrogens with one attached hydrogen (secondary N) is 1. The third kappa shape index (κ3) is 4.78. The molecule has 1 aliphatic rings. The molecule has 1 saturated heterocycles. The Hall–Kier alpha value is -3.26. The Morgan fingerprint density at radius 3 is 2.72 bits per heavy atom. The van der Waals surface area contributed by atoms with Crippen LogP contribution < -0.4 is 5.32 Å². The Morgan fingerprint density at radius 1 is 1.17 bits per heavy atom. The fraction of sp³-hybridized carbons (Fsp3) is 0.286. The second-order valence-corrected chi connectivity index (χ2v) is 6.85. The van der Waals surface area contributed by atoms with Gasteiger partial charge in [-0.05, 0) is 17.7 Å². The second-order valence-electron chi connectivity index (χ2n) is 6.85. The molecule has 7 nitrogen and oxygen atoms in total. The topological polar surface area (TPSA) is 80.5 Å². The van der Waals surface area contributed by atoms with E-state index in [0.29, 0.717) is 44.4 Å². The summed E-state index contributed by atoms with van der Waals surface area (Å²) in [5.74, 6) is 0.627. The molecule has 2 heterocycles. The van der Waals surface area contributed by atoms with Crippen LogP contribution in [0.25, 0.3) is 0 Å². The molecule has 2 amide bonds. The number of nitrogens with zero attached hydrogens (tertiary/aromatic N) is 3. The van der Waals surface area contributed by atoms with E-state index in [1.165, 1.54) is 12.1 Å². The molecule has 8 heteroatoms. The third-order valence-electron chi connectivity index (χ3n) is 4.70. The van der Waals surface area contributed by atoms with Crippen LogP contribution in [-0.2, 0) is 17.8 Å². The molecule has 4 rings (SSSR count). The molecule has 1 N–H and O–H groups in total. The number of likely N-dealkylation sites (tertiary alicyclic amines) is 1. The normalized spacial score (nSPS) is 13.9. The van der Waals surface area contributed by atoms with Gasteiger partial charge in [-0.15, -0.1) is 0 Å². The minimum atomic E-state index is -0.464. The van der Waals surface area contributed by atoms with Crippen LogP contribution in [0.15, 0.2) is 59.1 Å². The zero-order valence-electron chi connectivity index (χ0n) is 15.8. The summed E-state index contributed by atoms with van der Waals surface area (Å²) in [6, 6.07) is 15.7. The number of carbonyl (C=O) groups excluding carboxylic acids is 1. The summed E-state index contributed by atoms with van der Waals surface area (Å²) in [7, 11) is 0. The van der Waals surface area contributed by atoms with Gasteiger partial charge in [0.25, 0.3) is 0 Å². The summed E-state index contributed by atoms with van der Waals surface area (Å²) in [6.07, 6.45) is 0.556. The molecule has 1 fully saturated rings. The number of halogens is 1. The van der Waals surface area contributed by atoms with Gasteiger partial charge in [0.2, 0.25) is 5.89 Å². The van der Waals surface area contributed by atoms with E-state index in [-0.39, 0.29) is 17.6 Å². The molecule has 3 aromatic rings. The predicted molar refractivity (Wildman–Crippen MR) is 104 cm³/mol. The van der Waals surface area contributed by atoms with Gasteiger partial charge in [0.15, 0.2) is 5.82 Å². The van der Waals surface area contributed by atoms with Gasteiger partial charge in [0.1, 0.15) is 5.82 Å². The maximum absolute atomic E-state index is 13.6. The number of anilines is 1. The highest BCUT2D eigenvalue weighted by molar-refractivity contribution is 5.90. The number of benzene rings is 2. The van der Waals surface area contributed by atoms with Crippen molar-refractivity contribution in [3.63, 3.8) is 0 Å². The highest BCUT2D eigenvalue weighted by Crippen LogP contribution is 2.26. The summed E-state index contributed by atoms with van der Waals surface area (Å²) in [6.45, 7) is 1.94. The van der Waals surface area contributed by atoms with Crippen LogP contribution in [0.2, 0.25) is 0 Å². The second kappa shape index (κ2) is 8.83. The number of urea groups is 1. The van der Waals surface area contributed by atoms with Crippen LogP contribution >= 0.6 is 0 Å². The molecule has 0 saturated carbocycles. The first kappa shape index (κ1) is 19.1. The Balaban J connectivity index is 1.20. The average Bonchev–Trinajstić information content (AvgIpc) is 3.15. The molecule has 0 radical (unpaired) electrons. The molecule has 1 aromatic heterocycles. The highest BCUT2D eigenvalue weighted by Gasteiger charge is 2.35. The molecule has 29 heavy (non-hydrogen) atoms. The van der Waals surface area contributed by atoms with Crippen molar-refractivity contribution < 1.29 is 18.4 Å². The standard InChI is InChI=1S/C21H21FN4O3/c22-17-8-4-5-9-18(17)23-21(27)26-12-16(13-26)20-24-19(25-29-20)10-11-28-14-15-6-2-1-3-7-15/h1-9,16H,10-14H2,(H,23,27). The Kier molecular flexibility index (Phi) is 5.81. The van der Waals surface area contributed by atoms with E-state index in [4.69, 9.17) is 9.26 Å². The van der Waals surface area contributed by atoms with Crippen LogP contribution in [0.4, 0.5) is 14.9 Å². The van der Waals surface area contributed by atoms with Gasteiger partial charge in [0, 0.05) is 19.5 Å². The summed E-state index contributed by atoms with van der Waals surface area (Å²) < 4.78 is 24.6. The first-order valence-corrected chi connectivity index (χ1v) is 9.43. The van der Waals surface area contributed by atoms with Gasteiger partial charge in [-0.2, -0.15) is 4.98 Å². The van der Waals surface area contributed by atoms with Crippen LogP contribution in [0.3, 0.4) is 0 Å². The highest BCUT2D eigenvalue weighted by atomic mass is 19.1. The third-order valence-corrected chi connectivity index (χ3v) is 4.70. The molecule has 1 aliphatic heterocycles. The molecule has 150 valence electrons. The summed E-state index contributed by atoms with van der Waals surface area (Å²) in [4.78, 5) is 18.2. The quantitative estimate of drug-likeness (QED) is 0.617. The number of rotatable bonds is 7. The van der Waals surface area contributed by atoms with E-state index >= 15 is 0 Å². The number of hydrogen-bond donors (Lipinski definition) is 1. The molecule has 0 bridgehead atoms. The van der Waals surface area contributed by atoms with Crippen molar-refractivity contribution >= 4 is 11.7 Å². The van der Waals surface area contributed by atoms with E-state index in [1.807, 2.05) is 30.3 Å². The number of hydrogen-bond acceptors (Lipinski definition) is 5. The van der Waals surface area contributed by atoms with Crippen LogP contribution in [0.5, 0.6) is 0 Å². The van der Waals surface area contributed by atoms with Gasteiger partial charge in [-0.1, -0.05) is 47.6 Å². The lowest BCUT2D eigenvalue weighted by Gasteiger charge is -2.36. The van der Waals surface area contributed by atoms with Crippen molar-refractivity contribution in [3.8, 4) is 0 Å². The van der Waals surface area contributed by atoms with Gasteiger partial charge in [0.05, 0.1) is 24.8 Å². The summed E-state index contributed by atoms with van der Waals surface area (Å²) in [5, 5.41) is 6.54. The Morgan fingerprint density at radius 2 is 1.93 bits per heavy atom. The maximum Gasteiger partial charge on any atom is 0.321 e. The molecule has 2 aromatic carbocycles. The lowest BCUT2D eigenvalue weighted by molar-refractivity contribution is 0.122. The number of amides is 2. The number of para-hydroxylation sites is 1. The predicted octanol–water partition coefficient (Wildman–Crippen LogP) is 3.60. The SMILES string of the molecule is O=C(Nc1ccccc1F)N1CC(c2nc(CCOCc3ccccc3)no2)C1. The largest absolute Gasteiger partial charge is 0.376 e. The van der Waals surface area contributed by atoms with Gasteiger partial charge < -0.3 is 19.5 Å².